The first-order chi connectivity index (χ1) is 9.56. The number of hydrogen-bond donors (Lipinski definition) is 2. The fourth-order valence-electron chi connectivity index (χ4n) is 1.75. The molecule has 2 heterocycles. The van der Waals surface area contributed by atoms with Crippen LogP contribution in [0.25, 0.3) is 0 Å². The highest BCUT2D eigenvalue weighted by Gasteiger charge is 2.10. The van der Waals surface area contributed by atoms with Gasteiger partial charge in [-0.25, -0.2) is 4.79 Å². The summed E-state index contributed by atoms with van der Waals surface area (Å²) in [5, 5.41) is 2.77. The number of pyridine rings is 1. The standard InChI is InChI=1S/C13H14N4O3/c1-9(10-2-5-14-6-3-10)15-12(19)8-17-7-4-11(18)16-13(17)20/h2-7,9H,8H2,1H3,(H,15,19)(H,16,18,20)/t9-/m0/s1. The molecule has 20 heavy (non-hydrogen) atoms. The summed E-state index contributed by atoms with van der Waals surface area (Å²) in [7, 11) is 0. The van der Waals surface area contributed by atoms with Crippen molar-refractivity contribution in [1.29, 1.82) is 0 Å². The summed E-state index contributed by atoms with van der Waals surface area (Å²) in [5.41, 5.74) is -0.178. The van der Waals surface area contributed by atoms with Crippen molar-refractivity contribution in [1.82, 2.24) is 19.9 Å². The molecule has 1 atom stereocenters. The number of carbonyl (C=O) groups excluding carboxylic acids is 1. The molecule has 0 aliphatic heterocycles. The summed E-state index contributed by atoms with van der Waals surface area (Å²) in [6.45, 7) is 1.69. The number of nitrogens with one attached hydrogen (secondary N) is 2. The molecule has 0 unspecified atom stereocenters. The molecule has 104 valence electrons. The van der Waals surface area contributed by atoms with Gasteiger partial charge in [0, 0.05) is 24.7 Å². The lowest BCUT2D eigenvalue weighted by molar-refractivity contribution is -0.122. The van der Waals surface area contributed by atoms with Crippen LogP contribution in [0.4, 0.5) is 0 Å². The lowest BCUT2D eigenvalue weighted by atomic mass is 10.1. The number of H-pyrrole nitrogens is 1. The fourth-order valence-corrected chi connectivity index (χ4v) is 1.75. The fraction of sp³-hybridized carbons (Fsp3) is 0.231. The molecular formula is C13H14N4O3. The van der Waals surface area contributed by atoms with Crippen molar-refractivity contribution in [3.63, 3.8) is 0 Å². The van der Waals surface area contributed by atoms with E-state index < -0.39 is 11.2 Å². The van der Waals surface area contributed by atoms with Crippen molar-refractivity contribution >= 4 is 5.91 Å². The maximum Gasteiger partial charge on any atom is 0.328 e. The summed E-state index contributed by atoms with van der Waals surface area (Å²) < 4.78 is 1.13. The molecule has 0 aliphatic rings. The highest BCUT2D eigenvalue weighted by molar-refractivity contribution is 5.76. The Morgan fingerprint density at radius 3 is 2.70 bits per heavy atom. The van der Waals surface area contributed by atoms with E-state index in [-0.39, 0.29) is 18.5 Å². The molecule has 0 spiro atoms. The SMILES string of the molecule is C[C@H](NC(=O)Cn1ccc(=O)[nH]c1=O)c1ccncc1. The van der Waals surface area contributed by atoms with E-state index in [0.717, 1.165) is 10.1 Å². The van der Waals surface area contributed by atoms with Crippen molar-refractivity contribution in [3.8, 4) is 0 Å². The Labute approximate surface area is 114 Å². The second-order valence-corrected chi connectivity index (χ2v) is 4.31. The number of aromatic amines is 1. The molecule has 2 aromatic heterocycles. The molecule has 2 rings (SSSR count). The molecule has 0 fully saturated rings. The summed E-state index contributed by atoms with van der Waals surface area (Å²) in [6.07, 6.45) is 4.58. The first-order valence-corrected chi connectivity index (χ1v) is 6.05. The van der Waals surface area contributed by atoms with E-state index in [0.29, 0.717) is 0 Å². The molecule has 7 heteroatoms. The zero-order valence-corrected chi connectivity index (χ0v) is 10.9. The molecule has 2 N–H and O–H groups in total. The molecule has 0 saturated heterocycles. The average molecular weight is 274 g/mol. The topological polar surface area (TPSA) is 96.9 Å². The highest BCUT2D eigenvalue weighted by atomic mass is 16.2. The Balaban J connectivity index is 2.02. The summed E-state index contributed by atoms with van der Waals surface area (Å²) in [5.74, 6) is -0.316. The van der Waals surface area contributed by atoms with Crippen molar-refractivity contribution in [2.75, 3.05) is 0 Å². The van der Waals surface area contributed by atoms with Crippen LogP contribution in [0.3, 0.4) is 0 Å². The van der Waals surface area contributed by atoms with E-state index in [4.69, 9.17) is 0 Å². The number of aromatic nitrogens is 3. The maximum atomic E-state index is 11.9. The van der Waals surface area contributed by atoms with Gasteiger partial charge in [-0.3, -0.25) is 24.1 Å². The van der Waals surface area contributed by atoms with Crippen molar-refractivity contribution < 1.29 is 4.79 Å². The van der Waals surface area contributed by atoms with Gasteiger partial charge in [-0.2, -0.15) is 0 Å². The maximum absolute atomic E-state index is 11.9. The van der Waals surface area contributed by atoms with Crippen molar-refractivity contribution in [2.24, 2.45) is 0 Å². The molecule has 7 nitrogen and oxygen atoms in total. The largest absolute Gasteiger partial charge is 0.348 e. The van der Waals surface area contributed by atoms with E-state index in [2.05, 4.69) is 15.3 Å². The minimum Gasteiger partial charge on any atom is -0.348 e. The minimum atomic E-state index is -0.607. The molecule has 0 saturated carbocycles. The van der Waals surface area contributed by atoms with Crippen LogP contribution in [0.2, 0.25) is 0 Å². The highest BCUT2D eigenvalue weighted by Crippen LogP contribution is 2.09. The lowest BCUT2D eigenvalue weighted by Gasteiger charge is -2.14. The van der Waals surface area contributed by atoms with Crippen molar-refractivity contribution in [3.05, 3.63) is 63.2 Å². The van der Waals surface area contributed by atoms with Gasteiger partial charge in [0.05, 0.1) is 6.04 Å². The monoisotopic (exact) mass is 274 g/mol. The Bertz CT molecular complexity index is 705. The van der Waals surface area contributed by atoms with Gasteiger partial charge in [0.25, 0.3) is 5.56 Å². The van der Waals surface area contributed by atoms with Gasteiger partial charge in [-0.15, -0.1) is 0 Å². The zero-order chi connectivity index (χ0) is 14.5. The number of amides is 1. The van der Waals surface area contributed by atoms with Crippen LogP contribution in [-0.2, 0) is 11.3 Å². The molecule has 0 aromatic carbocycles. The molecule has 0 bridgehead atoms. The summed E-state index contributed by atoms with van der Waals surface area (Å²) in [4.78, 5) is 40.2. The van der Waals surface area contributed by atoms with E-state index in [1.54, 1.807) is 24.5 Å². The van der Waals surface area contributed by atoms with Crippen LogP contribution in [-0.4, -0.2) is 20.4 Å². The van der Waals surface area contributed by atoms with Crippen LogP contribution in [0, 0.1) is 0 Å². The third kappa shape index (κ3) is 3.41. The van der Waals surface area contributed by atoms with E-state index in [1.807, 2.05) is 6.92 Å². The lowest BCUT2D eigenvalue weighted by Crippen LogP contribution is -2.36. The summed E-state index contributed by atoms with van der Waals surface area (Å²) >= 11 is 0. The molecule has 2 aromatic rings. The zero-order valence-electron chi connectivity index (χ0n) is 10.9. The van der Waals surface area contributed by atoms with E-state index in [1.165, 1.54) is 12.3 Å². The van der Waals surface area contributed by atoms with Gasteiger partial charge >= 0.3 is 5.69 Å². The molecule has 0 radical (unpaired) electrons. The Hall–Kier alpha value is -2.70. The molecule has 0 aliphatic carbocycles. The second kappa shape index (κ2) is 5.96. The van der Waals surface area contributed by atoms with Crippen LogP contribution < -0.4 is 16.6 Å². The molecule has 1 amide bonds. The van der Waals surface area contributed by atoms with Gasteiger partial charge in [0.2, 0.25) is 5.91 Å². The van der Waals surface area contributed by atoms with Gasteiger partial charge in [-0.1, -0.05) is 0 Å². The van der Waals surface area contributed by atoms with Gasteiger partial charge < -0.3 is 5.32 Å². The number of carbonyl (C=O) groups is 1. The van der Waals surface area contributed by atoms with Gasteiger partial charge in [0.1, 0.15) is 6.54 Å². The normalized spacial score (nSPS) is 11.8. The predicted molar refractivity (Wildman–Crippen MR) is 72.1 cm³/mol. The Morgan fingerprint density at radius 1 is 1.35 bits per heavy atom. The Morgan fingerprint density at radius 2 is 2.05 bits per heavy atom. The van der Waals surface area contributed by atoms with E-state index in [9.17, 15) is 14.4 Å². The number of hydrogen-bond acceptors (Lipinski definition) is 4. The average Bonchev–Trinajstić information content (AvgIpc) is 2.43. The smallest absolute Gasteiger partial charge is 0.328 e. The Kier molecular flexibility index (Phi) is 4.09. The van der Waals surface area contributed by atoms with Crippen LogP contribution in [0.5, 0.6) is 0 Å². The van der Waals surface area contributed by atoms with Crippen molar-refractivity contribution in [2.45, 2.75) is 19.5 Å². The third-order valence-corrected chi connectivity index (χ3v) is 2.79. The van der Waals surface area contributed by atoms with Gasteiger partial charge in [-0.05, 0) is 24.6 Å². The number of rotatable bonds is 4. The second-order valence-electron chi connectivity index (χ2n) is 4.31. The molecular weight excluding hydrogens is 260 g/mol. The first-order valence-electron chi connectivity index (χ1n) is 6.05. The summed E-state index contributed by atoms with van der Waals surface area (Å²) in [6, 6.07) is 4.61. The predicted octanol–water partition coefficient (Wildman–Crippen LogP) is -0.191. The van der Waals surface area contributed by atoms with E-state index >= 15 is 0 Å². The first kappa shape index (κ1) is 13.7. The number of nitrogens with zero attached hydrogens (tertiary/aromatic N) is 2. The van der Waals surface area contributed by atoms with Crippen LogP contribution >= 0.6 is 0 Å². The third-order valence-electron chi connectivity index (χ3n) is 2.79. The van der Waals surface area contributed by atoms with Gasteiger partial charge in [0.15, 0.2) is 0 Å². The van der Waals surface area contributed by atoms with Crippen LogP contribution in [0.1, 0.15) is 18.5 Å². The van der Waals surface area contributed by atoms with Crippen LogP contribution in [0.15, 0.2) is 46.4 Å². The quantitative estimate of drug-likeness (QED) is 0.807. The minimum absolute atomic E-state index is 0.148.